The molecule has 1 aliphatic carbocycles. The van der Waals surface area contributed by atoms with E-state index in [1.165, 1.54) is 0 Å². The summed E-state index contributed by atoms with van der Waals surface area (Å²) in [6, 6.07) is 10.9. The lowest BCUT2D eigenvalue weighted by atomic mass is 10.1. The summed E-state index contributed by atoms with van der Waals surface area (Å²) in [7, 11) is 0. The van der Waals surface area contributed by atoms with Gasteiger partial charge in [-0.3, -0.25) is 4.79 Å². The van der Waals surface area contributed by atoms with Crippen molar-refractivity contribution < 1.29 is 14.6 Å². The van der Waals surface area contributed by atoms with E-state index in [1.807, 2.05) is 31.2 Å². The number of halogens is 1. The molecule has 0 aromatic heterocycles. The highest BCUT2D eigenvalue weighted by molar-refractivity contribution is 6.32. The number of carbonyl (C=O) groups is 1. The summed E-state index contributed by atoms with van der Waals surface area (Å²) in [5.41, 5.74) is 3.24. The Bertz CT molecular complexity index is 778. The van der Waals surface area contributed by atoms with Gasteiger partial charge in [0.1, 0.15) is 0 Å². The Hall–Kier alpha value is -2.26. The lowest BCUT2D eigenvalue weighted by Gasteiger charge is -2.08. The Morgan fingerprint density at radius 2 is 2.09 bits per heavy atom. The van der Waals surface area contributed by atoms with Crippen LogP contribution in [0.4, 0.5) is 0 Å². The SMILES string of the molecule is CCOc1cc(C=C2Cc3ccccc3C2=O)cc(Cl)c1O. The smallest absolute Gasteiger partial charge is 0.189 e. The molecule has 0 radical (unpaired) electrons. The van der Waals surface area contributed by atoms with Crippen molar-refractivity contribution in [3.63, 3.8) is 0 Å². The molecule has 112 valence electrons. The first-order chi connectivity index (χ1) is 10.6. The van der Waals surface area contributed by atoms with Crippen LogP contribution in [-0.4, -0.2) is 17.5 Å². The Balaban J connectivity index is 1.99. The molecule has 0 heterocycles. The van der Waals surface area contributed by atoms with Gasteiger partial charge in [-0.15, -0.1) is 0 Å². The summed E-state index contributed by atoms with van der Waals surface area (Å²) in [4.78, 5) is 12.4. The molecule has 0 bridgehead atoms. The molecule has 3 nitrogen and oxygen atoms in total. The average Bonchev–Trinajstić information content (AvgIpc) is 2.81. The summed E-state index contributed by atoms with van der Waals surface area (Å²) < 4.78 is 5.36. The van der Waals surface area contributed by atoms with Gasteiger partial charge in [-0.1, -0.05) is 35.9 Å². The highest BCUT2D eigenvalue weighted by Crippen LogP contribution is 2.36. The molecule has 4 heteroatoms. The predicted octanol–water partition coefficient (Wildman–Crippen LogP) is 4.27. The summed E-state index contributed by atoms with van der Waals surface area (Å²) >= 11 is 6.02. The number of hydrogen-bond donors (Lipinski definition) is 1. The molecular formula is C18H15ClO3. The number of hydrogen-bond acceptors (Lipinski definition) is 3. The van der Waals surface area contributed by atoms with Crippen LogP contribution in [0, 0.1) is 0 Å². The summed E-state index contributed by atoms with van der Waals surface area (Å²) in [6.45, 7) is 2.25. The number of rotatable bonds is 3. The molecular weight excluding hydrogens is 300 g/mol. The van der Waals surface area contributed by atoms with E-state index in [0.29, 0.717) is 24.4 Å². The maximum atomic E-state index is 12.4. The van der Waals surface area contributed by atoms with Gasteiger partial charge in [0, 0.05) is 17.6 Å². The Kier molecular flexibility index (Phi) is 3.90. The zero-order chi connectivity index (χ0) is 15.7. The Morgan fingerprint density at radius 1 is 1.32 bits per heavy atom. The number of Topliss-reactive ketones (excluding diaryl/α,β-unsaturated/α-hetero) is 1. The fourth-order valence-electron chi connectivity index (χ4n) is 2.61. The van der Waals surface area contributed by atoms with E-state index in [0.717, 1.165) is 16.7 Å². The van der Waals surface area contributed by atoms with Crippen molar-refractivity contribution >= 4 is 23.5 Å². The fourth-order valence-corrected chi connectivity index (χ4v) is 2.83. The zero-order valence-electron chi connectivity index (χ0n) is 12.1. The first-order valence-corrected chi connectivity index (χ1v) is 7.46. The number of benzene rings is 2. The molecule has 0 aliphatic heterocycles. The van der Waals surface area contributed by atoms with Gasteiger partial charge < -0.3 is 9.84 Å². The number of phenols is 1. The summed E-state index contributed by atoms with van der Waals surface area (Å²) in [5, 5.41) is 10.1. The van der Waals surface area contributed by atoms with Crippen LogP contribution < -0.4 is 4.74 Å². The quantitative estimate of drug-likeness (QED) is 0.861. The molecule has 0 amide bonds. The van der Waals surface area contributed by atoms with Gasteiger partial charge in [0.05, 0.1) is 11.6 Å². The highest BCUT2D eigenvalue weighted by atomic mass is 35.5. The lowest BCUT2D eigenvalue weighted by molar-refractivity contribution is 0.104. The lowest BCUT2D eigenvalue weighted by Crippen LogP contribution is -1.96. The van der Waals surface area contributed by atoms with Crippen LogP contribution in [0.15, 0.2) is 42.0 Å². The monoisotopic (exact) mass is 314 g/mol. The van der Waals surface area contributed by atoms with Crippen molar-refractivity contribution in [3.05, 3.63) is 63.7 Å². The van der Waals surface area contributed by atoms with Gasteiger partial charge in [0.2, 0.25) is 0 Å². The van der Waals surface area contributed by atoms with Crippen molar-refractivity contribution in [3.8, 4) is 11.5 Å². The van der Waals surface area contributed by atoms with Crippen LogP contribution in [-0.2, 0) is 6.42 Å². The van der Waals surface area contributed by atoms with Crippen molar-refractivity contribution in [2.75, 3.05) is 6.61 Å². The van der Waals surface area contributed by atoms with Crippen LogP contribution in [0.25, 0.3) is 6.08 Å². The van der Waals surface area contributed by atoms with Crippen LogP contribution in [0.2, 0.25) is 5.02 Å². The maximum absolute atomic E-state index is 12.4. The number of ether oxygens (including phenoxy) is 1. The van der Waals surface area contributed by atoms with Crippen LogP contribution in [0.1, 0.15) is 28.4 Å². The van der Waals surface area contributed by atoms with E-state index in [2.05, 4.69) is 0 Å². The van der Waals surface area contributed by atoms with Crippen LogP contribution >= 0.6 is 11.6 Å². The van der Waals surface area contributed by atoms with Crippen molar-refractivity contribution in [2.24, 2.45) is 0 Å². The van der Waals surface area contributed by atoms with Crippen molar-refractivity contribution in [2.45, 2.75) is 13.3 Å². The number of fused-ring (bicyclic) bond motifs is 1. The molecule has 0 fully saturated rings. The van der Waals surface area contributed by atoms with Gasteiger partial charge in [-0.2, -0.15) is 0 Å². The second kappa shape index (κ2) is 5.85. The van der Waals surface area contributed by atoms with E-state index >= 15 is 0 Å². The van der Waals surface area contributed by atoms with E-state index in [1.54, 1.807) is 18.2 Å². The molecule has 2 aromatic rings. The molecule has 0 atom stereocenters. The maximum Gasteiger partial charge on any atom is 0.189 e. The third kappa shape index (κ3) is 2.60. The molecule has 0 unspecified atom stereocenters. The molecule has 2 aromatic carbocycles. The zero-order valence-corrected chi connectivity index (χ0v) is 12.9. The fraction of sp³-hybridized carbons (Fsp3) is 0.167. The van der Waals surface area contributed by atoms with E-state index in [9.17, 15) is 9.90 Å². The van der Waals surface area contributed by atoms with Crippen molar-refractivity contribution in [1.29, 1.82) is 0 Å². The van der Waals surface area contributed by atoms with E-state index in [4.69, 9.17) is 16.3 Å². The molecule has 0 saturated heterocycles. The molecule has 1 N–H and O–H groups in total. The minimum Gasteiger partial charge on any atom is -0.503 e. The van der Waals surface area contributed by atoms with E-state index < -0.39 is 0 Å². The number of allylic oxidation sites excluding steroid dienone is 1. The molecule has 0 spiro atoms. The topological polar surface area (TPSA) is 46.5 Å². The third-order valence-electron chi connectivity index (χ3n) is 3.63. The number of phenolic OH excluding ortho intramolecular Hbond substituents is 1. The minimum atomic E-state index is -0.0771. The van der Waals surface area contributed by atoms with Gasteiger partial charge in [-0.25, -0.2) is 0 Å². The van der Waals surface area contributed by atoms with E-state index in [-0.39, 0.29) is 16.6 Å². The second-order valence-corrected chi connectivity index (χ2v) is 5.52. The predicted molar refractivity (Wildman–Crippen MR) is 86.7 cm³/mol. The van der Waals surface area contributed by atoms with Crippen LogP contribution in [0.5, 0.6) is 11.5 Å². The standard InChI is InChI=1S/C18H15ClO3/c1-2-22-16-9-11(8-15(19)18(16)21)7-13-10-12-5-3-4-6-14(12)17(13)20/h3-9,21H,2,10H2,1H3. The van der Waals surface area contributed by atoms with Gasteiger partial charge in [-0.05, 0) is 36.3 Å². The molecule has 3 rings (SSSR count). The normalized spacial score (nSPS) is 15.2. The minimum absolute atomic E-state index is 0.0396. The third-order valence-corrected chi connectivity index (χ3v) is 3.91. The number of ketones is 1. The highest BCUT2D eigenvalue weighted by Gasteiger charge is 2.24. The largest absolute Gasteiger partial charge is 0.503 e. The summed E-state index contributed by atoms with van der Waals surface area (Å²) in [6.07, 6.45) is 2.41. The average molecular weight is 315 g/mol. The Labute approximate surface area is 133 Å². The Morgan fingerprint density at radius 3 is 2.82 bits per heavy atom. The summed E-state index contributed by atoms with van der Waals surface area (Å²) in [5.74, 6) is 0.286. The number of carbonyl (C=O) groups excluding carboxylic acids is 1. The molecule has 1 aliphatic rings. The first-order valence-electron chi connectivity index (χ1n) is 7.08. The van der Waals surface area contributed by atoms with Gasteiger partial charge in [0.15, 0.2) is 17.3 Å². The second-order valence-electron chi connectivity index (χ2n) is 5.12. The first kappa shape index (κ1) is 14.7. The molecule has 0 saturated carbocycles. The van der Waals surface area contributed by atoms with Gasteiger partial charge in [0.25, 0.3) is 0 Å². The van der Waals surface area contributed by atoms with Crippen LogP contribution in [0.3, 0.4) is 0 Å². The molecule has 22 heavy (non-hydrogen) atoms. The van der Waals surface area contributed by atoms with Gasteiger partial charge >= 0.3 is 0 Å². The van der Waals surface area contributed by atoms with Crippen molar-refractivity contribution in [1.82, 2.24) is 0 Å². The number of aromatic hydroxyl groups is 1.